The first-order valence-corrected chi connectivity index (χ1v) is 9.62. The van der Waals surface area contributed by atoms with Gasteiger partial charge >= 0.3 is 0 Å². The molecule has 28 heavy (non-hydrogen) atoms. The van der Waals surface area contributed by atoms with Crippen molar-refractivity contribution < 1.29 is 24.3 Å². The van der Waals surface area contributed by atoms with Crippen molar-refractivity contribution in [2.45, 2.75) is 18.8 Å². The Labute approximate surface area is 165 Å². The third-order valence-electron chi connectivity index (χ3n) is 6.66. The zero-order chi connectivity index (χ0) is 19.7. The molecule has 2 saturated heterocycles. The van der Waals surface area contributed by atoms with Gasteiger partial charge in [0.25, 0.3) is 0 Å². The molecule has 1 aromatic carbocycles. The second-order valence-corrected chi connectivity index (χ2v) is 8.37. The van der Waals surface area contributed by atoms with E-state index in [4.69, 9.17) is 11.6 Å². The molecule has 1 saturated carbocycles. The molecular weight excluding hydrogens is 384 g/mol. The van der Waals surface area contributed by atoms with Crippen LogP contribution in [0.1, 0.15) is 24.3 Å². The number of benzene rings is 1. The number of phenolic OH excluding ortho intramolecular Hbond substituents is 1. The number of amides is 4. The van der Waals surface area contributed by atoms with Gasteiger partial charge in [0.1, 0.15) is 5.75 Å². The Hall–Kier alpha value is -2.67. The average Bonchev–Trinajstić information content (AvgIpc) is 3.11. The molecule has 8 heteroatoms. The number of allylic oxidation sites excluding steroid dienone is 2. The van der Waals surface area contributed by atoms with Crippen molar-refractivity contribution in [3.63, 3.8) is 0 Å². The number of nitrogens with one attached hydrogen (secondary N) is 2. The molecule has 6 atom stereocenters. The molecule has 0 unspecified atom stereocenters. The monoisotopic (exact) mass is 400 g/mol. The summed E-state index contributed by atoms with van der Waals surface area (Å²) >= 11 is 6.14. The Balaban J connectivity index is 1.69. The predicted molar refractivity (Wildman–Crippen MR) is 96.9 cm³/mol. The maximum Gasteiger partial charge on any atom is 0.231 e. The van der Waals surface area contributed by atoms with Gasteiger partial charge in [-0.1, -0.05) is 23.3 Å². The van der Waals surface area contributed by atoms with Crippen LogP contribution < -0.4 is 10.6 Å². The number of halogens is 1. The third-order valence-corrected chi connectivity index (χ3v) is 6.89. The van der Waals surface area contributed by atoms with Gasteiger partial charge in [0, 0.05) is 16.5 Å². The van der Waals surface area contributed by atoms with Gasteiger partial charge in [0.05, 0.1) is 23.7 Å². The Morgan fingerprint density at radius 1 is 0.893 bits per heavy atom. The number of phenols is 1. The Kier molecular flexibility index (Phi) is 3.68. The first-order chi connectivity index (χ1) is 13.4. The standard InChI is InChI=1S/C20H17ClN2O5/c21-7-1-4-13(24)11(5-7)14-8-2-3-9-15(19(27)22-17(9)25)10(8)6-12-16(14)20(28)23-18(12)26/h1-2,4-5,9-10,12,14-16,24H,3,6H2,(H,22,25,27)(H,23,26,28)/t9-,10+,12+,14+,15-,16+/m0/s1. The first-order valence-electron chi connectivity index (χ1n) is 9.24. The number of aromatic hydroxyl groups is 1. The maximum absolute atomic E-state index is 12.6. The summed E-state index contributed by atoms with van der Waals surface area (Å²) in [7, 11) is 0. The Morgan fingerprint density at radius 3 is 2.32 bits per heavy atom. The van der Waals surface area contributed by atoms with Crippen molar-refractivity contribution >= 4 is 35.2 Å². The smallest absolute Gasteiger partial charge is 0.231 e. The van der Waals surface area contributed by atoms with Crippen molar-refractivity contribution in [2.75, 3.05) is 0 Å². The Bertz CT molecular complexity index is 987. The highest BCUT2D eigenvalue weighted by Crippen LogP contribution is 2.57. The second-order valence-electron chi connectivity index (χ2n) is 7.93. The quantitative estimate of drug-likeness (QED) is 0.485. The zero-order valence-corrected chi connectivity index (χ0v) is 15.4. The summed E-state index contributed by atoms with van der Waals surface area (Å²) in [6.07, 6.45) is 2.62. The molecule has 0 aromatic heterocycles. The van der Waals surface area contributed by atoms with Crippen LogP contribution in [0, 0.1) is 29.6 Å². The van der Waals surface area contributed by atoms with Crippen molar-refractivity contribution in [1.82, 2.24) is 10.6 Å². The summed E-state index contributed by atoms with van der Waals surface area (Å²) < 4.78 is 0. The van der Waals surface area contributed by atoms with Crippen LogP contribution in [0.5, 0.6) is 5.75 Å². The van der Waals surface area contributed by atoms with E-state index in [9.17, 15) is 24.3 Å². The molecule has 0 bridgehead atoms. The summed E-state index contributed by atoms with van der Waals surface area (Å²) in [5.41, 5.74) is 1.29. The van der Waals surface area contributed by atoms with Gasteiger partial charge < -0.3 is 5.11 Å². The normalized spacial score (nSPS) is 36.2. The largest absolute Gasteiger partial charge is 0.508 e. The lowest BCUT2D eigenvalue weighted by atomic mass is 9.57. The Morgan fingerprint density at radius 2 is 1.57 bits per heavy atom. The molecule has 4 amide bonds. The van der Waals surface area contributed by atoms with E-state index in [1.807, 2.05) is 6.08 Å². The summed E-state index contributed by atoms with van der Waals surface area (Å²) in [4.78, 5) is 49.7. The molecular formula is C20H17ClN2O5. The van der Waals surface area contributed by atoms with E-state index >= 15 is 0 Å². The second kappa shape index (κ2) is 5.91. The van der Waals surface area contributed by atoms with Crippen LogP contribution in [0.15, 0.2) is 29.8 Å². The minimum Gasteiger partial charge on any atom is -0.508 e. The van der Waals surface area contributed by atoms with E-state index in [-0.39, 0.29) is 35.3 Å². The van der Waals surface area contributed by atoms with E-state index in [0.717, 1.165) is 5.57 Å². The predicted octanol–water partition coefficient (Wildman–Crippen LogP) is 1.26. The van der Waals surface area contributed by atoms with Crippen molar-refractivity contribution in [1.29, 1.82) is 0 Å². The molecule has 1 aromatic rings. The molecule has 0 radical (unpaired) electrons. The van der Waals surface area contributed by atoms with Crippen LogP contribution >= 0.6 is 11.6 Å². The lowest BCUT2D eigenvalue weighted by Gasteiger charge is -2.44. The van der Waals surface area contributed by atoms with Crippen LogP contribution in [0.2, 0.25) is 5.02 Å². The van der Waals surface area contributed by atoms with Gasteiger partial charge in [0.2, 0.25) is 23.6 Å². The summed E-state index contributed by atoms with van der Waals surface area (Å²) in [6.45, 7) is 0. The van der Waals surface area contributed by atoms with Crippen LogP contribution in [-0.4, -0.2) is 28.7 Å². The van der Waals surface area contributed by atoms with E-state index in [2.05, 4.69) is 10.6 Å². The zero-order valence-electron chi connectivity index (χ0n) is 14.6. The summed E-state index contributed by atoms with van der Waals surface area (Å²) in [6, 6.07) is 4.61. The molecule has 2 aliphatic heterocycles. The fraction of sp³-hybridized carbons (Fsp3) is 0.400. The number of hydrogen-bond donors (Lipinski definition) is 3. The highest BCUT2D eigenvalue weighted by molar-refractivity contribution is 6.30. The molecule has 2 aliphatic carbocycles. The van der Waals surface area contributed by atoms with Crippen molar-refractivity contribution in [3.8, 4) is 5.75 Å². The molecule has 144 valence electrons. The van der Waals surface area contributed by atoms with Gasteiger partial charge in [-0.2, -0.15) is 0 Å². The van der Waals surface area contributed by atoms with Crippen LogP contribution in [0.25, 0.3) is 0 Å². The summed E-state index contributed by atoms with van der Waals surface area (Å²) in [5, 5.41) is 15.7. The van der Waals surface area contributed by atoms with Gasteiger partial charge in [-0.3, -0.25) is 29.8 Å². The number of fused-ring (bicyclic) bond motifs is 4. The van der Waals surface area contributed by atoms with Crippen molar-refractivity contribution in [3.05, 3.63) is 40.4 Å². The van der Waals surface area contributed by atoms with Crippen molar-refractivity contribution in [2.24, 2.45) is 29.6 Å². The number of carbonyl (C=O) groups excluding carboxylic acids is 4. The molecule has 5 rings (SSSR count). The van der Waals surface area contributed by atoms with Gasteiger partial charge in [0.15, 0.2) is 0 Å². The first kappa shape index (κ1) is 17.4. The molecule has 7 nitrogen and oxygen atoms in total. The SMILES string of the molecule is O=C1NC(=O)[C@H]2CC=C3[C@@H](C[C@H]4C(=O)NC(=O)[C@H]4[C@H]3c3cc(Cl)ccc3O)[C@@H]12. The number of imide groups is 2. The lowest BCUT2D eigenvalue weighted by molar-refractivity contribution is -0.128. The van der Waals surface area contributed by atoms with Crippen LogP contribution in [-0.2, 0) is 19.2 Å². The maximum atomic E-state index is 12.6. The molecule has 3 N–H and O–H groups in total. The molecule has 4 aliphatic rings. The highest BCUT2D eigenvalue weighted by atomic mass is 35.5. The van der Waals surface area contributed by atoms with E-state index in [0.29, 0.717) is 23.4 Å². The highest BCUT2D eigenvalue weighted by Gasteiger charge is 2.59. The van der Waals surface area contributed by atoms with E-state index < -0.39 is 29.6 Å². The summed E-state index contributed by atoms with van der Waals surface area (Å²) in [5.74, 6) is -4.59. The fourth-order valence-electron chi connectivity index (χ4n) is 5.53. The van der Waals surface area contributed by atoms with Gasteiger partial charge in [-0.05, 0) is 37.0 Å². The topological polar surface area (TPSA) is 113 Å². The van der Waals surface area contributed by atoms with E-state index in [1.54, 1.807) is 12.1 Å². The molecule has 0 spiro atoms. The number of carbonyl (C=O) groups is 4. The minimum absolute atomic E-state index is 0.0177. The average molecular weight is 401 g/mol. The van der Waals surface area contributed by atoms with Gasteiger partial charge in [-0.15, -0.1) is 0 Å². The number of rotatable bonds is 1. The lowest BCUT2D eigenvalue weighted by Crippen LogP contribution is -2.42. The fourth-order valence-corrected chi connectivity index (χ4v) is 5.71. The van der Waals surface area contributed by atoms with Crippen LogP contribution in [0.4, 0.5) is 0 Å². The molecule has 2 heterocycles. The van der Waals surface area contributed by atoms with E-state index in [1.165, 1.54) is 6.07 Å². The minimum atomic E-state index is -0.670. The third kappa shape index (κ3) is 2.29. The number of hydrogen-bond acceptors (Lipinski definition) is 5. The molecule has 3 fully saturated rings. The van der Waals surface area contributed by atoms with Gasteiger partial charge in [-0.25, -0.2) is 0 Å². The van der Waals surface area contributed by atoms with Crippen LogP contribution in [0.3, 0.4) is 0 Å².